The lowest BCUT2D eigenvalue weighted by Gasteiger charge is -2.33. The molecular formula is C17H28N5O3S2+. The number of nitrogens with zero attached hydrogens (tertiary/aromatic N) is 3. The zero-order valence-electron chi connectivity index (χ0n) is 16.2. The molecule has 1 aliphatic rings. The van der Waals surface area contributed by atoms with E-state index in [0.717, 1.165) is 26.2 Å². The highest BCUT2D eigenvalue weighted by atomic mass is 32.2. The summed E-state index contributed by atoms with van der Waals surface area (Å²) < 4.78 is 25.7. The van der Waals surface area contributed by atoms with Gasteiger partial charge in [0, 0.05) is 33.9 Å². The molecular weight excluding hydrogens is 386 g/mol. The van der Waals surface area contributed by atoms with Crippen molar-refractivity contribution in [2.75, 3.05) is 66.2 Å². The first-order chi connectivity index (χ1) is 12.6. The zero-order chi connectivity index (χ0) is 20.2. The Kier molecular flexibility index (Phi) is 7.15. The van der Waals surface area contributed by atoms with Crippen molar-refractivity contribution in [2.45, 2.75) is 4.90 Å². The maximum atomic E-state index is 12.3. The van der Waals surface area contributed by atoms with Crippen LogP contribution in [-0.4, -0.2) is 94.5 Å². The summed E-state index contributed by atoms with van der Waals surface area (Å²) >= 11 is 5.48. The molecule has 1 saturated heterocycles. The third-order valence-electron chi connectivity index (χ3n) is 4.52. The Hall–Kier alpha value is -1.75. The second-order valence-corrected chi connectivity index (χ2v) is 9.49. The number of carbonyl (C=O) groups is 1. The minimum atomic E-state index is -3.49. The lowest BCUT2D eigenvalue weighted by molar-refractivity contribution is -0.896. The minimum absolute atomic E-state index is 0.123. The Morgan fingerprint density at radius 3 is 2.41 bits per heavy atom. The van der Waals surface area contributed by atoms with E-state index in [-0.39, 0.29) is 10.8 Å². The van der Waals surface area contributed by atoms with Crippen LogP contribution in [0.3, 0.4) is 0 Å². The van der Waals surface area contributed by atoms with Crippen LogP contribution in [0.5, 0.6) is 0 Å². The Labute approximate surface area is 166 Å². The van der Waals surface area contributed by atoms with Crippen molar-refractivity contribution in [2.24, 2.45) is 0 Å². The standard InChI is InChI=1S/C17H27N5O3S2/c1-19(2)16(23)13-21-8-10-22(11-9-21)17(26)18-14-6-5-7-15(12-14)27(24,25)20(3)4/h5-7,12H,8-11,13H2,1-4H3,(H,18,26)/p+1. The normalized spacial score (nSPS) is 15.7. The van der Waals surface area contributed by atoms with Gasteiger partial charge in [0.1, 0.15) is 0 Å². The molecule has 2 rings (SSSR count). The molecule has 10 heteroatoms. The molecule has 1 aliphatic heterocycles. The van der Waals surface area contributed by atoms with Crippen molar-refractivity contribution in [3.8, 4) is 0 Å². The third-order valence-corrected chi connectivity index (χ3v) is 6.69. The fourth-order valence-corrected chi connectivity index (χ4v) is 3.97. The van der Waals surface area contributed by atoms with Crippen LogP contribution in [0.25, 0.3) is 0 Å². The molecule has 0 aliphatic carbocycles. The van der Waals surface area contributed by atoms with Gasteiger partial charge in [0.15, 0.2) is 11.7 Å². The number of rotatable bonds is 5. The highest BCUT2D eigenvalue weighted by Crippen LogP contribution is 2.18. The number of benzene rings is 1. The maximum Gasteiger partial charge on any atom is 0.277 e. The fourth-order valence-electron chi connectivity index (χ4n) is 2.72. The van der Waals surface area contributed by atoms with Crippen LogP contribution in [0, 0.1) is 0 Å². The van der Waals surface area contributed by atoms with Gasteiger partial charge in [0.05, 0.1) is 31.1 Å². The molecule has 0 unspecified atom stereocenters. The van der Waals surface area contributed by atoms with Gasteiger partial charge < -0.3 is 20.0 Å². The van der Waals surface area contributed by atoms with E-state index in [1.807, 2.05) is 4.90 Å². The maximum absolute atomic E-state index is 12.3. The molecule has 1 aromatic carbocycles. The molecule has 1 fully saturated rings. The number of carbonyl (C=O) groups excluding carboxylic acids is 1. The number of nitrogens with one attached hydrogen (secondary N) is 2. The number of amides is 1. The van der Waals surface area contributed by atoms with E-state index in [1.165, 1.54) is 23.3 Å². The fraction of sp³-hybridized carbons (Fsp3) is 0.529. The second-order valence-electron chi connectivity index (χ2n) is 6.95. The van der Waals surface area contributed by atoms with E-state index < -0.39 is 10.0 Å². The lowest BCUT2D eigenvalue weighted by Crippen LogP contribution is -3.15. The Bertz CT molecular complexity index is 788. The molecule has 150 valence electrons. The smallest absolute Gasteiger partial charge is 0.277 e. The summed E-state index contributed by atoms with van der Waals surface area (Å²) in [5, 5.41) is 3.69. The van der Waals surface area contributed by atoms with Crippen LogP contribution in [0.2, 0.25) is 0 Å². The van der Waals surface area contributed by atoms with Crippen LogP contribution in [-0.2, 0) is 14.8 Å². The highest BCUT2D eigenvalue weighted by molar-refractivity contribution is 7.89. The number of piperazine rings is 1. The molecule has 0 bridgehead atoms. The Balaban J connectivity index is 1.94. The predicted octanol–water partition coefficient (Wildman–Crippen LogP) is -1.08. The van der Waals surface area contributed by atoms with Crippen molar-refractivity contribution < 1.29 is 18.1 Å². The van der Waals surface area contributed by atoms with Crippen LogP contribution in [0.4, 0.5) is 5.69 Å². The van der Waals surface area contributed by atoms with Crippen LogP contribution in [0.15, 0.2) is 29.2 Å². The van der Waals surface area contributed by atoms with Crippen molar-refractivity contribution in [3.05, 3.63) is 24.3 Å². The Morgan fingerprint density at radius 1 is 1.22 bits per heavy atom. The monoisotopic (exact) mass is 414 g/mol. The van der Waals surface area contributed by atoms with Gasteiger partial charge in [-0.05, 0) is 30.4 Å². The summed E-state index contributed by atoms with van der Waals surface area (Å²) in [5.74, 6) is 0.123. The summed E-state index contributed by atoms with van der Waals surface area (Å²) in [6, 6.07) is 6.63. The van der Waals surface area contributed by atoms with Gasteiger partial charge in [-0.2, -0.15) is 0 Å². The average molecular weight is 415 g/mol. The molecule has 0 radical (unpaired) electrons. The molecule has 1 heterocycles. The van der Waals surface area contributed by atoms with Gasteiger partial charge in [-0.3, -0.25) is 4.79 Å². The molecule has 27 heavy (non-hydrogen) atoms. The number of hydrogen-bond acceptors (Lipinski definition) is 4. The molecule has 0 aromatic heterocycles. The van der Waals surface area contributed by atoms with Gasteiger partial charge >= 0.3 is 0 Å². The van der Waals surface area contributed by atoms with E-state index in [1.54, 1.807) is 43.3 Å². The number of anilines is 1. The van der Waals surface area contributed by atoms with E-state index in [0.29, 0.717) is 17.3 Å². The lowest BCUT2D eigenvalue weighted by atomic mass is 10.3. The highest BCUT2D eigenvalue weighted by Gasteiger charge is 2.24. The molecule has 8 nitrogen and oxygen atoms in total. The second kappa shape index (κ2) is 8.96. The zero-order valence-corrected chi connectivity index (χ0v) is 17.9. The van der Waals surface area contributed by atoms with E-state index in [4.69, 9.17) is 12.2 Å². The first-order valence-corrected chi connectivity index (χ1v) is 10.6. The summed E-state index contributed by atoms with van der Waals surface area (Å²) in [4.78, 5) is 17.0. The first kappa shape index (κ1) is 21.5. The molecule has 1 amide bonds. The topological polar surface area (TPSA) is 77.4 Å². The van der Waals surface area contributed by atoms with Gasteiger partial charge in [0.25, 0.3) is 5.91 Å². The summed E-state index contributed by atoms with van der Waals surface area (Å²) in [6.45, 7) is 3.65. The van der Waals surface area contributed by atoms with Crippen molar-refractivity contribution in [1.29, 1.82) is 0 Å². The molecule has 0 spiro atoms. The van der Waals surface area contributed by atoms with Crippen LogP contribution >= 0.6 is 12.2 Å². The molecule has 0 atom stereocenters. The largest absolute Gasteiger partial charge is 0.344 e. The van der Waals surface area contributed by atoms with Crippen molar-refractivity contribution in [3.63, 3.8) is 0 Å². The van der Waals surface area contributed by atoms with Gasteiger partial charge in [-0.1, -0.05) is 6.07 Å². The number of likely N-dealkylation sites (N-methyl/N-ethyl adjacent to an activating group) is 1. The SMILES string of the molecule is CN(C)C(=O)C[NH+]1CCN(C(=S)Nc2cccc(S(=O)(=O)N(C)C)c2)CC1. The van der Waals surface area contributed by atoms with Crippen molar-refractivity contribution >= 4 is 38.9 Å². The van der Waals surface area contributed by atoms with Gasteiger partial charge in [-0.15, -0.1) is 0 Å². The van der Waals surface area contributed by atoms with E-state index >= 15 is 0 Å². The summed E-state index contributed by atoms with van der Waals surface area (Å²) in [5.41, 5.74) is 0.639. The summed E-state index contributed by atoms with van der Waals surface area (Å²) in [7, 11) is 3.05. The van der Waals surface area contributed by atoms with Crippen LogP contribution in [0.1, 0.15) is 0 Å². The van der Waals surface area contributed by atoms with E-state index in [2.05, 4.69) is 5.32 Å². The first-order valence-electron chi connectivity index (χ1n) is 8.73. The quantitative estimate of drug-likeness (QED) is 0.597. The van der Waals surface area contributed by atoms with E-state index in [9.17, 15) is 13.2 Å². The minimum Gasteiger partial charge on any atom is -0.344 e. The molecule has 1 aromatic rings. The number of thiocarbonyl (C=S) groups is 1. The average Bonchev–Trinajstić information content (AvgIpc) is 2.62. The van der Waals surface area contributed by atoms with Crippen LogP contribution < -0.4 is 10.2 Å². The Morgan fingerprint density at radius 2 is 1.85 bits per heavy atom. The van der Waals surface area contributed by atoms with Gasteiger partial charge in [0.2, 0.25) is 10.0 Å². The van der Waals surface area contributed by atoms with Gasteiger partial charge in [-0.25, -0.2) is 12.7 Å². The number of hydrogen-bond donors (Lipinski definition) is 2. The predicted molar refractivity (Wildman–Crippen MR) is 109 cm³/mol. The molecule has 2 N–H and O–H groups in total. The van der Waals surface area contributed by atoms with Crippen molar-refractivity contribution in [1.82, 2.24) is 14.1 Å². The summed E-state index contributed by atoms with van der Waals surface area (Å²) in [6.07, 6.45) is 0. The number of quaternary nitrogens is 1. The molecule has 0 saturated carbocycles. The number of sulfonamides is 1. The third kappa shape index (κ3) is 5.61.